The minimum Gasteiger partial charge on any atom is -0.453 e. The van der Waals surface area contributed by atoms with Crippen LogP contribution in [0.1, 0.15) is 16.6 Å². The van der Waals surface area contributed by atoms with E-state index in [4.69, 9.17) is 14.2 Å². The number of methoxy groups -OCH3 is 1. The number of rotatable bonds is 6. The topological polar surface area (TPSA) is 100 Å². The first-order valence-electron chi connectivity index (χ1n) is 9.75. The van der Waals surface area contributed by atoms with Gasteiger partial charge in [0.25, 0.3) is 5.91 Å². The van der Waals surface area contributed by atoms with E-state index < -0.39 is 5.82 Å². The Morgan fingerprint density at radius 2 is 2.25 bits per heavy atom. The monoisotopic (exact) mass is 455 g/mol. The second-order valence-corrected chi connectivity index (χ2v) is 8.00. The van der Waals surface area contributed by atoms with Gasteiger partial charge in [0.05, 0.1) is 18.0 Å². The molecule has 0 radical (unpaired) electrons. The van der Waals surface area contributed by atoms with Gasteiger partial charge < -0.3 is 19.5 Å². The van der Waals surface area contributed by atoms with E-state index in [0.717, 1.165) is 11.5 Å². The standard InChI is InChI=1S/C21H18FN5O4S/c1-11(29-2)9-27-20-14(19(26-27)25-21(28)16-5-6-24-32-16)7-12(8-23-20)13-3-4-15-18(17(13)22)31-10-30-15/h3-8,11H,9-10H2,1-2H3,(H,25,26,28). The quantitative estimate of drug-likeness (QED) is 0.473. The van der Waals surface area contributed by atoms with Crippen LogP contribution in [0.5, 0.6) is 11.5 Å². The number of nitrogens with one attached hydrogen (secondary N) is 1. The molecule has 1 amide bonds. The third kappa shape index (κ3) is 3.55. The zero-order valence-corrected chi connectivity index (χ0v) is 18.0. The van der Waals surface area contributed by atoms with Crippen molar-refractivity contribution in [2.24, 2.45) is 0 Å². The lowest BCUT2D eigenvalue weighted by Crippen LogP contribution is -2.16. The molecule has 0 bridgehead atoms. The van der Waals surface area contributed by atoms with Crippen LogP contribution in [0.4, 0.5) is 10.2 Å². The number of aromatic nitrogens is 4. The summed E-state index contributed by atoms with van der Waals surface area (Å²) in [6.07, 6.45) is 2.99. The normalized spacial score (nSPS) is 13.5. The van der Waals surface area contributed by atoms with Crippen LogP contribution in [0.2, 0.25) is 0 Å². The lowest BCUT2D eigenvalue weighted by molar-refractivity contribution is 0.101. The Balaban J connectivity index is 1.59. The molecular weight excluding hydrogens is 437 g/mol. The van der Waals surface area contributed by atoms with E-state index in [1.807, 2.05) is 6.92 Å². The first kappa shape index (κ1) is 20.3. The van der Waals surface area contributed by atoms with E-state index in [1.165, 1.54) is 0 Å². The van der Waals surface area contributed by atoms with Crippen LogP contribution in [0.25, 0.3) is 22.2 Å². The van der Waals surface area contributed by atoms with Crippen LogP contribution in [0.15, 0.2) is 36.7 Å². The first-order valence-corrected chi connectivity index (χ1v) is 10.5. The van der Waals surface area contributed by atoms with Crippen LogP contribution in [-0.4, -0.2) is 45.1 Å². The molecule has 1 atom stereocenters. The molecular formula is C21H18FN5O4S. The Kier molecular flexibility index (Phi) is 5.19. The summed E-state index contributed by atoms with van der Waals surface area (Å²) >= 11 is 1.08. The van der Waals surface area contributed by atoms with Crippen molar-refractivity contribution in [1.29, 1.82) is 0 Å². The zero-order valence-electron chi connectivity index (χ0n) is 17.2. The molecule has 4 aromatic rings. The molecule has 9 nitrogen and oxygen atoms in total. The van der Waals surface area contributed by atoms with Crippen LogP contribution in [-0.2, 0) is 11.3 Å². The fraction of sp³-hybridized carbons (Fsp3) is 0.238. The lowest BCUT2D eigenvalue weighted by Gasteiger charge is -2.10. The molecule has 0 saturated carbocycles. The molecule has 32 heavy (non-hydrogen) atoms. The second kappa shape index (κ2) is 8.17. The van der Waals surface area contributed by atoms with Gasteiger partial charge >= 0.3 is 0 Å². The number of hydrogen-bond acceptors (Lipinski definition) is 8. The van der Waals surface area contributed by atoms with Crippen molar-refractivity contribution in [1.82, 2.24) is 19.1 Å². The number of amides is 1. The third-order valence-corrected chi connectivity index (χ3v) is 5.85. The summed E-state index contributed by atoms with van der Waals surface area (Å²) in [6.45, 7) is 2.30. The Labute approximate surface area is 185 Å². The van der Waals surface area contributed by atoms with Crippen molar-refractivity contribution in [2.45, 2.75) is 19.6 Å². The molecule has 1 aliphatic heterocycles. The number of hydrogen-bond donors (Lipinski definition) is 1. The minimum absolute atomic E-state index is 0.0226. The Bertz CT molecular complexity index is 1310. The highest BCUT2D eigenvalue weighted by Gasteiger charge is 2.23. The van der Waals surface area contributed by atoms with Gasteiger partial charge in [-0.3, -0.25) is 4.79 Å². The number of fused-ring (bicyclic) bond motifs is 2. The van der Waals surface area contributed by atoms with Gasteiger partial charge in [0.15, 0.2) is 23.0 Å². The van der Waals surface area contributed by atoms with E-state index in [2.05, 4.69) is 19.8 Å². The maximum Gasteiger partial charge on any atom is 0.268 e. The molecule has 11 heteroatoms. The van der Waals surface area contributed by atoms with Crippen LogP contribution < -0.4 is 14.8 Å². The number of benzene rings is 1. The van der Waals surface area contributed by atoms with Gasteiger partial charge in [0, 0.05) is 30.6 Å². The van der Waals surface area contributed by atoms with E-state index >= 15 is 4.39 Å². The third-order valence-electron chi connectivity index (χ3n) is 5.10. The van der Waals surface area contributed by atoms with Crippen LogP contribution in [0.3, 0.4) is 0 Å². The molecule has 0 fully saturated rings. The maximum atomic E-state index is 15.0. The molecule has 4 heterocycles. The average Bonchev–Trinajstić information content (AvgIpc) is 3.55. The molecule has 164 valence electrons. The summed E-state index contributed by atoms with van der Waals surface area (Å²) in [5, 5.41) is 7.91. The van der Waals surface area contributed by atoms with Crippen molar-refractivity contribution in [3.8, 4) is 22.6 Å². The van der Waals surface area contributed by atoms with Gasteiger partial charge in [-0.25, -0.2) is 18.4 Å². The Hall–Kier alpha value is -3.57. The SMILES string of the molecule is COC(C)Cn1nc(NC(=O)c2ccns2)c2cc(-c3ccc4c(c3F)OCO4)cnc21. The zero-order chi connectivity index (χ0) is 22.2. The van der Waals surface area contributed by atoms with Crippen molar-refractivity contribution < 1.29 is 23.4 Å². The number of halogens is 1. The molecule has 1 N–H and O–H groups in total. The summed E-state index contributed by atoms with van der Waals surface area (Å²) in [5.74, 6) is -0.113. The maximum absolute atomic E-state index is 15.0. The summed E-state index contributed by atoms with van der Waals surface area (Å²) in [7, 11) is 1.61. The van der Waals surface area contributed by atoms with E-state index in [-0.39, 0.29) is 24.6 Å². The molecule has 1 unspecified atom stereocenters. The predicted octanol–water partition coefficient (Wildman–Crippen LogP) is 3.71. The number of ether oxygens (including phenoxy) is 3. The molecule has 0 aliphatic carbocycles. The van der Waals surface area contributed by atoms with Crippen molar-refractivity contribution in [3.05, 3.63) is 47.4 Å². The van der Waals surface area contributed by atoms with Gasteiger partial charge in [-0.05, 0) is 42.7 Å². The highest BCUT2D eigenvalue weighted by atomic mass is 32.1. The molecule has 5 rings (SSSR count). The number of anilines is 1. The lowest BCUT2D eigenvalue weighted by atomic mass is 10.1. The summed E-state index contributed by atoms with van der Waals surface area (Å²) in [5.41, 5.74) is 1.36. The number of carbonyl (C=O) groups is 1. The van der Waals surface area contributed by atoms with Gasteiger partial charge in [0.1, 0.15) is 4.88 Å². The summed E-state index contributed by atoms with van der Waals surface area (Å²) in [4.78, 5) is 17.6. The minimum atomic E-state index is -0.531. The van der Waals surface area contributed by atoms with E-state index in [1.54, 1.807) is 48.5 Å². The Morgan fingerprint density at radius 1 is 1.38 bits per heavy atom. The van der Waals surface area contributed by atoms with Gasteiger partial charge in [-0.2, -0.15) is 5.10 Å². The smallest absolute Gasteiger partial charge is 0.268 e. The second-order valence-electron chi connectivity index (χ2n) is 7.16. The van der Waals surface area contributed by atoms with Crippen molar-refractivity contribution in [2.75, 3.05) is 19.2 Å². The van der Waals surface area contributed by atoms with Gasteiger partial charge in [-0.1, -0.05) is 0 Å². The molecule has 0 saturated heterocycles. The molecule has 0 spiro atoms. The highest BCUT2D eigenvalue weighted by molar-refractivity contribution is 7.08. The number of pyridine rings is 1. The molecule has 1 aromatic carbocycles. The van der Waals surface area contributed by atoms with Gasteiger partial charge in [0.2, 0.25) is 12.5 Å². The highest BCUT2D eigenvalue weighted by Crippen LogP contribution is 2.40. The number of carbonyl (C=O) groups excluding carboxylic acids is 1. The molecule has 3 aromatic heterocycles. The fourth-order valence-electron chi connectivity index (χ4n) is 3.41. The van der Waals surface area contributed by atoms with E-state index in [0.29, 0.717) is 45.1 Å². The Morgan fingerprint density at radius 3 is 3.03 bits per heavy atom. The largest absolute Gasteiger partial charge is 0.453 e. The van der Waals surface area contributed by atoms with E-state index in [9.17, 15) is 4.79 Å². The van der Waals surface area contributed by atoms with Gasteiger partial charge in [-0.15, -0.1) is 0 Å². The summed E-state index contributed by atoms with van der Waals surface area (Å²) in [6, 6.07) is 6.63. The molecule has 1 aliphatic rings. The predicted molar refractivity (Wildman–Crippen MR) is 116 cm³/mol. The summed E-state index contributed by atoms with van der Waals surface area (Å²) < 4.78 is 36.5. The fourth-order valence-corrected chi connectivity index (χ4v) is 3.90. The van der Waals surface area contributed by atoms with Crippen LogP contribution in [0, 0.1) is 5.82 Å². The van der Waals surface area contributed by atoms with Crippen LogP contribution >= 0.6 is 11.5 Å². The first-order chi connectivity index (χ1) is 15.5. The number of nitrogens with zero attached hydrogens (tertiary/aromatic N) is 4. The average molecular weight is 455 g/mol. The van der Waals surface area contributed by atoms with Crippen molar-refractivity contribution >= 4 is 34.3 Å². The van der Waals surface area contributed by atoms with Crippen molar-refractivity contribution in [3.63, 3.8) is 0 Å².